The molecule has 0 heterocycles. The standard InChI is InChI=1S/C9H19N3O/c1-10(2)7-6-8(7)12(5)9(13)11(3)4/h7-8H,6H2,1-5H3. The normalized spacial score (nSPS) is 26.0. The molecule has 1 saturated carbocycles. The summed E-state index contributed by atoms with van der Waals surface area (Å²) in [6.45, 7) is 0. The predicted octanol–water partition coefficient (Wildman–Crippen LogP) is 0.302. The maximum Gasteiger partial charge on any atom is 0.319 e. The van der Waals surface area contributed by atoms with Crippen LogP contribution in [0.1, 0.15) is 6.42 Å². The SMILES string of the molecule is CN(C)C(=O)N(C)C1CC1N(C)C. The van der Waals surface area contributed by atoms with Crippen molar-refractivity contribution in [3.63, 3.8) is 0 Å². The van der Waals surface area contributed by atoms with Crippen LogP contribution in [-0.2, 0) is 0 Å². The molecule has 0 spiro atoms. The number of hydrogen-bond donors (Lipinski definition) is 0. The maximum atomic E-state index is 11.5. The largest absolute Gasteiger partial charge is 0.331 e. The summed E-state index contributed by atoms with van der Waals surface area (Å²) in [6, 6.07) is 1.05. The Balaban J connectivity index is 2.43. The number of urea groups is 1. The van der Waals surface area contributed by atoms with Crippen molar-refractivity contribution in [3.8, 4) is 0 Å². The molecule has 4 nitrogen and oxygen atoms in total. The van der Waals surface area contributed by atoms with E-state index in [1.54, 1.807) is 19.0 Å². The molecule has 0 saturated heterocycles. The summed E-state index contributed by atoms with van der Waals surface area (Å²) in [5.74, 6) is 0. The maximum absolute atomic E-state index is 11.5. The highest BCUT2D eigenvalue weighted by atomic mass is 16.2. The van der Waals surface area contributed by atoms with Crippen molar-refractivity contribution in [1.82, 2.24) is 14.7 Å². The van der Waals surface area contributed by atoms with E-state index in [0.29, 0.717) is 12.1 Å². The van der Waals surface area contributed by atoms with Crippen LogP contribution in [0, 0.1) is 0 Å². The van der Waals surface area contributed by atoms with Gasteiger partial charge in [0.1, 0.15) is 0 Å². The third kappa shape index (κ3) is 2.12. The van der Waals surface area contributed by atoms with Crippen molar-refractivity contribution in [2.75, 3.05) is 35.2 Å². The Morgan fingerprint density at radius 2 is 1.62 bits per heavy atom. The molecule has 0 bridgehead atoms. The Kier molecular flexibility index (Phi) is 2.81. The van der Waals surface area contributed by atoms with Crippen molar-refractivity contribution < 1.29 is 4.79 Å². The minimum absolute atomic E-state index is 0.0920. The van der Waals surface area contributed by atoms with Gasteiger partial charge < -0.3 is 14.7 Å². The second-order valence-corrected chi connectivity index (χ2v) is 4.12. The van der Waals surface area contributed by atoms with E-state index < -0.39 is 0 Å². The first-order chi connectivity index (χ1) is 5.95. The number of likely N-dealkylation sites (N-methyl/N-ethyl adjacent to an activating group) is 2. The van der Waals surface area contributed by atoms with Gasteiger partial charge in [0.05, 0.1) is 6.04 Å². The van der Waals surface area contributed by atoms with E-state index in [2.05, 4.69) is 19.0 Å². The highest BCUT2D eigenvalue weighted by Crippen LogP contribution is 2.31. The number of hydrogen-bond acceptors (Lipinski definition) is 2. The Morgan fingerprint density at radius 3 is 1.92 bits per heavy atom. The van der Waals surface area contributed by atoms with Crippen LogP contribution in [-0.4, -0.2) is 68.1 Å². The van der Waals surface area contributed by atoms with Gasteiger partial charge in [0.15, 0.2) is 0 Å². The number of rotatable bonds is 2. The summed E-state index contributed by atoms with van der Waals surface area (Å²) >= 11 is 0. The number of nitrogens with zero attached hydrogens (tertiary/aromatic N) is 3. The molecule has 1 aliphatic rings. The van der Waals surface area contributed by atoms with Gasteiger partial charge >= 0.3 is 6.03 Å². The molecular formula is C9H19N3O. The average molecular weight is 185 g/mol. The number of carbonyl (C=O) groups is 1. The molecule has 0 aliphatic heterocycles. The smallest absolute Gasteiger partial charge is 0.319 e. The zero-order chi connectivity index (χ0) is 10.2. The fourth-order valence-corrected chi connectivity index (χ4v) is 1.60. The summed E-state index contributed by atoms with van der Waals surface area (Å²) in [7, 11) is 9.55. The van der Waals surface area contributed by atoms with E-state index in [-0.39, 0.29) is 6.03 Å². The van der Waals surface area contributed by atoms with Crippen LogP contribution in [0.5, 0.6) is 0 Å². The molecule has 2 atom stereocenters. The van der Waals surface area contributed by atoms with Crippen LogP contribution in [0.25, 0.3) is 0 Å². The molecule has 76 valence electrons. The molecule has 0 radical (unpaired) electrons. The monoisotopic (exact) mass is 185 g/mol. The highest BCUT2D eigenvalue weighted by molar-refractivity contribution is 5.74. The van der Waals surface area contributed by atoms with Gasteiger partial charge in [-0.05, 0) is 20.5 Å². The Morgan fingerprint density at radius 1 is 1.08 bits per heavy atom. The zero-order valence-corrected chi connectivity index (χ0v) is 9.11. The van der Waals surface area contributed by atoms with E-state index in [4.69, 9.17) is 0 Å². The third-order valence-electron chi connectivity index (χ3n) is 2.57. The molecular weight excluding hydrogens is 166 g/mol. The molecule has 0 aromatic carbocycles. The van der Waals surface area contributed by atoms with Gasteiger partial charge in [-0.25, -0.2) is 4.79 Å². The van der Waals surface area contributed by atoms with Gasteiger partial charge in [-0.3, -0.25) is 0 Å². The molecule has 13 heavy (non-hydrogen) atoms. The Labute approximate surface area is 80.1 Å². The van der Waals surface area contributed by atoms with Crippen molar-refractivity contribution >= 4 is 6.03 Å². The van der Waals surface area contributed by atoms with Crippen LogP contribution in [0.15, 0.2) is 0 Å². The quantitative estimate of drug-likeness (QED) is 0.619. The molecule has 4 heteroatoms. The lowest BCUT2D eigenvalue weighted by molar-refractivity contribution is 0.175. The minimum atomic E-state index is 0.0920. The molecule has 2 unspecified atom stereocenters. The molecule has 0 N–H and O–H groups in total. The topological polar surface area (TPSA) is 26.8 Å². The summed E-state index contributed by atoms with van der Waals surface area (Å²) in [6.07, 6.45) is 1.10. The second kappa shape index (κ2) is 3.54. The van der Waals surface area contributed by atoms with Gasteiger partial charge in [0.2, 0.25) is 0 Å². The summed E-state index contributed by atoms with van der Waals surface area (Å²) < 4.78 is 0. The fraction of sp³-hybridized carbons (Fsp3) is 0.889. The van der Waals surface area contributed by atoms with Crippen molar-refractivity contribution in [2.24, 2.45) is 0 Å². The van der Waals surface area contributed by atoms with E-state index >= 15 is 0 Å². The third-order valence-corrected chi connectivity index (χ3v) is 2.57. The lowest BCUT2D eigenvalue weighted by atomic mass is 10.5. The Bertz CT molecular complexity index is 203. The lowest BCUT2D eigenvalue weighted by Crippen LogP contribution is -2.40. The van der Waals surface area contributed by atoms with E-state index in [9.17, 15) is 4.79 Å². The first-order valence-electron chi connectivity index (χ1n) is 4.55. The van der Waals surface area contributed by atoms with Gasteiger partial charge in [-0.2, -0.15) is 0 Å². The molecule has 0 aromatic rings. The van der Waals surface area contributed by atoms with Gasteiger partial charge in [0, 0.05) is 27.2 Å². The summed E-state index contributed by atoms with van der Waals surface area (Å²) in [4.78, 5) is 17.1. The molecule has 0 aromatic heterocycles. The van der Waals surface area contributed by atoms with Crippen LogP contribution in [0.4, 0.5) is 4.79 Å². The number of amides is 2. The first-order valence-corrected chi connectivity index (χ1v) is 4.55. The van der Waals surface area contributed by atoms with Gasteiger partial charge in [-0.1, -0.05) is 0 Å². The predicted molar refractivity (Wildman–Crippen MR) is 52.7 cm³/mol. The lowest BCUT2D eigenvalue weighted by Gasteiger charge is -2.23. The van der Waals surface area contributed by atoms with E-state index in [0.717, 1.165) is 6.42 Å². The fourth-order valence-electron chi connectivity index (χ4n) is 1.60. The number of carbonyl (C=O) groups excluding carboxylic acids is 1. The summed E-state index contributed by atoms with van der Waals surface area (Å²) in [5, 5.41) is 0. The molecule has 1 rings (SSSR count). The minimum Gasteiger partial charge on any atom is -0.331 e. The van der Waals surface area contributed by atoms with E-state index in [1.807, 2.05) is 11.9 Å². The first kappa shape index (κ1) is 10.3. The highest BCUT2D eigenvalue weighted by Gasteiger charge is 2.43. The van der Waals surface area contributed by atoms with Crippen LogP contribution in [0.2, 0.25) is 0 Å². The Hall–Kier alpha value is -0.770. The van der Waals surface area contributed by atoms with Crippen molar-refractivity contribution in [3.05, 3.63) is 0 Å². The molecule has 1 fully saturated rings. The van der Waals surface area contributed by atoms with Crippen LogP contribution >= 0.6 is 0 Å². The van der Waals surface area contributed by atoms with Crippen molar-refractivity contribution in [1.29, 1.82) is 0 Å². The second-order valence-electron chi connectivity index (χ2n) is 4.12. The molecule has 2 amide bonds. The zero-order valence-electron chi connectivity index (χ0n) is 9.11. The van der Waals surface area contributed by atoms with Crippen molar-refractivity contribution in [2.45, 2.75) is 18.5 Å². The average Bonchev–Trinajstić information content (AvgIpc) is 2.80. The van der Waals surface area contributed by atoms with Crippen LogP contribution in [0.3, 0.4) is 0 Å². The summed E-state index contributed by atoms with van der Waals surface area (Å²) in [5.41, 5.74) is 0. The van der Waals surface area contributed by atoms with Gasteiger partial charge in [0.25, 0.3) is 0 Å². The van der Waals surface area contributed by atoms with Gasteiger partial charge in [-0.15, -0.1) is 0 Å². The van der Waals surface area contributed by atoms with Crippen LogP contribution < -0.4 is 0 Å². The van der Waals surface area contributed by atoms with E-state index in [1.165, 1.54) is 0 Å². The molecule has 1 aliphatic carbocycles.